The van der Waals surface area contributed by atoms with Gasteiger partial charge in [-0.3, -0.25) is 9.59 Å². The third kappa shape index (κ3) is 4.73. The average Bonchev–Trinajstić information content (AvgIpc) is 2.53. The SMILES string of the molecule is C.CNC=CC(=O)c1nn(-c2ccc(OC(F)F)cc2)ccc1=O. The Hall–Kier alpha value is -3.03. The van der Waals surface area contributed by atoms with E-state index in [2.05, 4.69) is 15.2 Å². The normalized spacial score (nSPS) is 10.5. The minimum absolute atomic E-state index is 0. The Kier molecular flexibility index (Phi) is 6.79. The summed E-state index contributed by atoms with van der Waals surface area (Å²) >= 11 is 0. The maximum atomic E-state index is 12.1. The lowest BCUT2D eigenvalue weighted by Crippen LogP contribution is -2.19. The smallest absolute Gasteiger partial charge is 0.387 e. The Morgan fingerprint density at radius 2 is 1.96 bits per heavy atom. The molecule has 1 heterocycles. The number of aromatic nitrogens is 2. The molecule has 0 aliphatic rings. The molecule has 2 rings (SSSR count). The van der Waals surface area contributed by atoms with Crippen LogP contribution in [0.1, 0.15) is 17.9 Å². The molecular formula is C16H17F2N3O3. The van der Waals surface area contributed by atoms with Crippen molar-refractivity contribution >= 4 is 5.78 Å². The van der Waals surface area contributed by atoms with Gasteiger partial charge in [-0.2, -0.15) is 13.9 Å². The molecule has 0 unspecified atom stereocenters. The summed E-state index contributed by atoms with van der Waals surface area (Å²) in [6.07, 6.45) is 3.95. The van der Waals surface area contributed by atoms with Gasteiger partial charge in [-0.1, -0.05) is 7.43 Å². The van der Waals surface area contributed by atoms with E-state index in [0.29, 0.717) is 5.69 Å². The third-order valence-corrected chi connectivity index (χ3v) is 2.77. The lowest BCUT2D eigenvalue weighted by molar-refractivity contribution is -0.0498. The van der Waals surface area contributed by atoms with Crippen LogP contribution in [0.3, 0.4) is 0 Å². The van der Waals surface area contributed by atoms with Gasteiger partial charge in [-0.25, -0.2) is 4.68 Å². The molecule has 1 aromatic carbocycles. The number of ether oxygens (including phenoxy) is 1. The lowest BCUT2D eigenvalue weighted by atomic mass is 10.2. The highest BCUT2D eigenvalue weighted by molar-refractivity contribution is 6.02. The fourth-order valence-electron chi connectivity index (χ4n) is 1.74. The van der Waals surface area contributed by atoms with Crippen LogP contribution in [-0.2, 0) is 0 Å². The minimum Gasteiger partial charge on any atom is -0.435 e. The topological polar surface area (TPSA) is 73.2 Å². The highest BCUT2D eigenvalue weighted by Crippen LogP contribution is 2.16. The zero-order chi connectivity index (χ0) is 16.8. The van der Waals surface area contributed by atoms with Crippen LogP contribution in [0.25, 0.3) is 5.69 Å². The Balaban J connectivity index is 0.00000288. The summed E-state index contributed by atoms with van der Waals surface area (Å²) in [6.45, 7) is -2.91. The Morgan fingerprint density at radius 1 is 1.29 bits per heavy atom. The van der Waals surface area contributed by atoms with Crippen LogP contribution in [-0.4, -0.2) is 29.2 Å². The number of hydrogen-bond acceptors (Lipinski definition) is 5. The van der Waals surface area contributed by atoms with Crippen molar-refractivity contribution in [2.24, 2.45) is 0 Å². The van der Waals surface area contributed by atoms with Gasteiger partial charge in [0.05, 0.1) is 5.69 Å². The van der Waals surface area contributed by atoms with Gasteiger partial charge in [0, 0.05) is 31.6 Å². The lowest BCUT2D eigenvalue weighted by Gasteiger charge is -2.08. The second-order valence-electron chi connectivity index (χ2n) is 4.33. The predicted molar refractivity (Wildman–Crippen MR) is 85.7 cm³/mol. The van der Waals surface area contributed by atoms with E-state index >= 15 is 0 Å². The predicted octanol–water partition coefficient (Wildman–Crippen LogP) is 2.39. The van der Waals surface area contributed by atoms with Gasteiger partial charge in [0.25, 0.3) is 0 Å². The van der Waals surface area contributed by atoms with Crippen molar-refractivity contribution in [1.29, 1.82) is 0 Å². The Morgan fingerprint density at radius 3 is 2.54 bits per heavy atom. The van der Waals surface area contributed by atoms with Crippen LogP contribution in [0, 0.1) is 0 Å². The van der Waals surface area contributed by atoms with Crippen molar-refractivity contribution in [1.82, 2.24) is 15.1 Å². The van der Waals surface area contributed by atoms with E-state index in [4.69, 9.17) is 0 Å². The number of halogens is 2. The molecule has 8 heteroatoms. The van der Waals surface area contributed by atoms with Gasteiger partial charge in [0.1, 0.15) is 5.75 Å². The summed E-state index contributed by atoms with van der Waals surface area (Å²) in [5.41, 5.74) is -0.269. The number of carbonyl (C=O) groups excluding carboxylic acids is 1. The molecule has 6 nitrogen and oxygen atoms in total. The molecule has 2 aromatic rings. The van der Waals surface area contributed by atoms with Crippen LogP contribution in [0.4, 0.5) is 8.78 Å². The Bertz CT molecular complexity index is 771. The average molecular weight is 337 g/mol. The van der Waals surface area contributed by atoms with Crippen molar-refractivity contribution in [3.05, 3.63) is 64.7 Å². The minimum atomic E-state index is -2.91. The van der Waals surface area contributed by atoms with E-state index < -0.39 is 17.8 Å². The summed E-state index contributed by atoms with van der Waals surface area (Å²) in [7, 11) is 1.61. The van der Waals surface area contributed by atoms with E-state index in [1.54, 1.807) is 7.05 Å². The first-order valence-corrected chi connectivity index (χ1v) is 6.54. The second-order valence-corrected chi connectivity index (χ2v) is 4.33. The molecule has 0 saturated heterocycles. The fraction of sp³-hybridized carbons (Fsp3) is 0.188. The van der Waals surface area contributed by atoms with E-state index in [9.17, 15) is 18.4 Å². The highest BCUT2D eigenvalue weighted by atomic mass is 19.3. The molecule has 0 radical (unpaired) electrons. The summed E-state index contributed by atoms with van der Waals surface area (Å²) in [4.78, 5) is 23.6. The van der Waals surface area contributed by atoms with Crippen LogP contribution >= 0.6 is 0 Å². The van der Waals surface area contributed by atoms with E-state index in [-0.39, 0.29) is 18.9 Å². The highest BCUT2D eigenvalue weighted by Gasteiger charge is 2.11. The van der Waals surface area contributed by atoms with Crippen LogP contribution < -0.4 is 15.5 Å². The first-order chi connectivity index (χ1) is 11.0. The molecule has 24 heavy (non-hydrogen) atoms. The molecule has 0 atom stereocenters. The van der Waals surface area contributed by atoms with E-state index in [1.165, 1.54) is 53.5 Å². The number of ketones is 1. The van der Waals surface area contributed by atoms with Crippen molar-refractivity contribution < 1.29 is 18.3 Å². The monoisotopic (exact) mass is 337 g/mol. The van der Waals surface area contributed by atoms with Crippen molar-refractivity contribution in [3.8, 4) is 11.4 Å². The number of rotatable bonds is 6. The molecule has 0 aliphatic carbocycles. The van der Waals surface area contributed by atoms with Crippen LogP contribution in [0.5, 0.6) is 5.75 Å². The van der Waals surface area contributed by atoms with Gasteiger partial charge in [-0.05, 0) is 24.3 Å². The number of allylic oxidation sites excluding steroid dienone is 1. The van der Waals surface area contributed by atoms with Gasteiger partial charge < -0.3 is 10.1 Å². The molecule has 128 valence electrons. The number of nitrogens with zero attached hydrogens (tertiary/aromatic N) is 2. The quantitative estimate of drug-likeness (QED) is 0.647. The number of carbonyl (C=O) groups is 1. The Labute approximate surface area is 137 Å². The van der Waals surface area contributed by atoms with Gasteiger partial charge in [0.2, 0.25) is 11.2 Å². The summed E-state index contributed by atoms with van der Waals surface area (Å²) in [5.74, 6) is -0.547. The molecule has 0 fully saturated rings. The molecule has 0 amide bonds. The molecular weight excluding hydrogens is 320 g/mol. The molecule has 0 bridgehead atoms. The first-order valence-electron chi connectivity index (χ1n) is 6.54. The first kappa shape index (κ1) is 19.0. The number of nitrogens with one attached hydrogen (secondary N) is 1. The van der Waals surface area contributed by atoms with E-state index in [0.717, 1.165) is 0 Å². The molecule has 0 aliphatic heterocycles. The van der Waals surface area contributed by atoms with Crippen LogP contribution in [0.2, 0.25) is 0 Å². The second kappa shape index (κ2) is 8.56. The molecule has 0 saturated carbocycles. The fourth-order valence-corrected chi connectivity index (χ4v) is 1.74. The van der Waals surface area contributed by atoms with Crippen molar-refractivity contribution in [3.63, 3.8) is 0 Å². The van der Waals surface area contributed by atoms with E-state index in [1.807, 2.05) is 0 Å². The molecule has 1 N–H and O–H groups in total. The summed E-state index contributed by atoms with van der Waals surface area (Å²) in [5, 5.41) is 6.62. The van der Waals surface area contributed by atoms with Crippen LogP contribution in [0.15, 0.2) is 53.6 Å². The van der Waals surface area contributed by atoms with Gasteiger partial charge in [0.15, 0.2) is 5.69 Å². The standard InChI is InChI=1S/C15H13F2N3O3.CH4/c1-18-8-6-12(21)14-13(22)7-9-20(19-14)10-2-4-11(5-3-10)23-15(16)17;/h2-9,15,18H,1H3;1H4. The zero-order valence-corrected chi connectivity index (χ0v) is 12.1. The zero-order valence-electron chi connectivity index (χ0n) is 12.1. The molecule has 1 aromatic heterocycles. The maximum absolute atomic E-state index is 12.1. The van der Waals surface area contributed by atoms with Gasteiger partial charge in [-0.15, -0.1) is 0 Å². The summed E-state index contributed by atoms with van der Waals surface area (Å²) < 4.78 is 29.8. The maximum Gasteiger partial charge on any atom is 0.387 e. The molecule has 0 spiro atoms. The summed E-state index contributed by atoms with van der Waals surface area (Å²) in [6, 6.07) is 6.84. The number of benzene rings is 1. The number of alkyl halides is 2. The third-order valence-electron chi connectivity index (χ3n) is 2.77. The largest absolute Gasteiger partial charge is 0.435 e. The van der Waals surface area contributed by atoms with Crippen molar-refractivity contribution in [2.45, 2.75) is 14.0 Å². The van der Waals surface area contributed by atoms with Gasteiger partial charge >= 0.3 is 6.61 Å². The van der Waals surface area contributed by atoms with Crippen molar-refractivity contribution in [2.75, 3.05) is 7.05 Å². The number of hydrogen-bond donors (Lipinski definition) is 1.